The van der Waals surface area contributed by atoms with Crippen molar-refractivity contribution in [2.75, 3.05) is 0 Å². The van der Waals surface area contributed by atoms with Gasteiger partial charge in [0.05, 0.1) is 19.9 Å². The van der Waals surface area contributed by atoms with Crippen molar-refractivity contribution in [3.63, 3.8) is 0 Å². The second kappa shape index (κ2) is 7.11. The zero-order valence-electron chi connectivity index (χ0n) is 10.8. The molecule has 0 amide bonds. The molecule has 0 saturated carbocycles. The Bertz CT molecular complexity index is 764. The first-order valence-electron chi connectivity index (χ1n) is 5.65. The zero-order valence-corrected chi connectivity index (χ0v) is 14.6. The van der Waals surface area contributed by atoms with Gasteiger partial charge in [0.15, 0.2) is 0 Å². The van der Waals surface area contributed by atoms with E-state index in [2.05, 4.69) is 0 Å². The van der Waals surface area contributed by atoms with Crippen molar-refractivity contribution in [2.45, 2.75) is 9.79 Å². The summed E-state index contributed by atoms with van der Waals surface area (Å²) >= 11 is 24.2. The Hall–Kier alpha value is -1.25. The SMILES string of the molecule is O=[N+]([O-])c1cc(Cl)cc(Cl)c1Sc1c(Cl)cc(Cl)cc1[N+](=O)[O-]. The van der Waals surface area contributed by atoms with E-state index in [9.17, 15) is 20.2 Å². The molecule has 6 nitrogen and oxygen atoms in total. The lowest BCUT2D eigenvalue weighted by atomic mass is 10.3. The Morgan fingerprint density at radius 3 is 1.39 bits per heavy atom. The van der Waals surface area contributed by atoms with Crippen LogP contribution in [0.15, 0.2) is 34.1 Å². The predicted octanol–water partition coefficient (Wildman–Crippen LogP) is 6.27. The Balaban J connectivity index is 2.65. The lowest BCUT2D eigenvalue weighted by Crippen LogP contribution is -1.95. The molecule has 120 valence electrons. The van der Waals surface area contributed by atoms with Crippen LogP contribution in [0.2, 0.25) is 20.1 Å². The maximum absolute atomic E-state index is 11.2. The molecule has 23 heavy (non-hydrogen) atoms. The van der Waals surface area contributed by atoms with Crippen LogP contribution in [0.1, 0.15) is 0 Å². The molecule has 0 atom stereocenters. The first kappa shape index (κ1) is 18.1. The third kappa shape index (κ3) is 3.99. The van der Waals surface area contributed by atoms with Gasteiger partial charge < -0.3 is 0 Å². The molecule has 2 aromatic carbocycles. The maximum atomic E-state index is 11.2. The second-order valence-corrected chi connectivity index (χ2v) is 6.80. The third-order valence-electron chi connectivity index (χ3n) is 2.58. The number of nitrogens with zero attached hydrogens (tertiary/aromatic N) is 2. The fourth-order valence-electron chi connectivity index (χ4n) is 1.67. The van der Waals surface area contributed by atoms with Crippen LogP contribution in [-0.4, -0.2) is 9.85 Å². The Morgan fingerprint density at radius 1 is 0.739 bits per heavy atom. The molecular weight excluding hydrogens is 410 g/mol. The van der Waals surface area contributed by atoms with E-state index in [0.717, 1.165) is 12.1 Å². The van der Waals surface area contributed by atoms with Gasteiger partial charge in [-0.25, -0.2) is 0 Å². The first-order valence-corrected chi connectivity index (χ1v) is 7.98. The number of nitro benzene ring substituents is 2. The highest BCUT2D eigenvalue weighted by molar-refractivity contribution is 7.99. The molecule has 0 unspecified atom stereocenters. The molecular formula is C12H4Cl4N2O4S. The number of rotatable bonds is 4. The van der Waals surface area contributed by atoms with E-state index in [1.165, 1.54) is 12.1 Å². The lowest BCUT2D eigenvalue weighted by Gasteiger charge is -2.08. The minimum Gasteiger partial charge on any atom is -0.258 e. The van der Waals surface area contributed by atoms with E-state index in [1.807, 2.05) is 0 Å². The maximum Gasteiger partial charge on any atom is 0.286 e. The number of benzene rings is 2. The summed E-state index contributed by atoms with van der Waals surface area (Å²) in [6.07, 6.45) is 0. The zero-order chi connectivity index (χ0) is 17.3. The van der Waals surface area contributed by atoms with E-state index < -0.39 is 9.85 Å². The molecule has 0 spiro atoms. The minimum absolute atomic E-state index is 0.00612. The van der Waals surface area contributed by atoms with Crippen LogP contribution < -0.4 is 0 Å². The van der Waals surface area contributed by atoms with Crippen LogP contribution >= 0.6 is 58.2 Å². The highest BCUT2D eigenvalue weighted by Crippen LogP contribution is 2.47. The van der Waals surface area contributed by atoms with Gasteiger partial charge in [0.2, 0.25) is 0 Å². The molecule has 0 aliphatic carbocycles. The summed E-state index contributed by atoms with van der Waals surface area (Å²) in [7, 11) is 0. The summed E-state index contributed by atoms with van der Waals surface area (Å²) in [6.45, 7) is 0. The highest BCUT2D eigenvalue weighted by Gasteiger charge is 2.26. The molecule has 0 heterocycles. The monoisotopic (exact) mass is 412 g/mol. The van der Waals surface area contributed by atoms with Crippen LogP contribution in [0.25, 0.3) is 0 Å². The molecule has 0 bridgehead atoms. The highest BCUT2D eigenvalue weighted by atomic mass is 35.5. The molecule has 2 aromatic rings. The quantitative estimate of drug-likeness (QED) is 0.435. The molecule has 0 aliphatic rings. The topological polar surface area (TPSA) is 86.3 Å². The van der Waals surface area contributed by atoms with Crippen molar-refractivity contribution in [1.82, 2.24) is 0 Å². The van der Waals surface area contributed by atoms with Crippen LogP contribution in [-0.2, 0) is 0 Å². The fourth-order valence-corrected chi connectivity index (χ4v) is 3.86. The van der Waals surface area contributed by atoms with Crippen LogP contribution in [0.5, 0.6) is 0 Å². The van der Waals surface area contributed by atoms with Crippen molar-refractivity contribution in [2.24, 2.45) is 0 Å². The van der Waals surface area contributed by atoms with E-state index in [1.54, 1.807) is 0 Å². The van der Waals surface area contributed by atoms with Gasteiger partial charge in [-0.1, -0.05) is 58.2 Å². The Labute approximate surface area is 153 Å². The van der Waals surface area contributed by atoms with Crippen molar-refractivity contribution >= 4 is 69.5 Å². The van der Waals surface area contributed by atoms with Crippen LogP contribution in [0.3, 0.4) is 0 Å². The van der Waals surface area contributed by atoms with E-state index in [4.69, 9.17) is 46.4 Å². The summed E-state index contributed by atoms with van der Waals surface area (Å²) in [6, 6.07) is 4.80. The molecule has 0 aromatic heterocycles. The summed E-state index contributed by atoms with van der Waals surface area (Å²) in [5.41, 5.74) is -0.763. The van der Waals surface area contributed by atoms with Crippen LogP contribution in [0.4, 0.5) is 11.4 Å². The van der Waals surface area contributed by atoms with Gasteiger partial charge in [-0.15, -0.1) is 0 Å². The molecule has 0 saturated heterocycles. The van der Waals surface area contributed by atoms with Gasteiger partial charge in [0.1, 0.15) is 9.79 Å². The molecule has 0 aliphatic heterocycles. The van der Waals surface area contributed by atoms with Gasteiger partial charge in [-0.2, -0.15) is 0 Å². The van der Waals surface area contributed by atoms with Gasteiger partial charge in [0, 0.05) is 22.2 Å². The molecule has 11 heteroatoms. The van der Waals surface area contributed by atoms with Crippen molar-refractivity contribution in [3.8, 4) is 0 Å². The van der Waals surface area contributed by atoms with Crippen molar-refractivity contribution in [3.05, 3.63) is 64.6 Å². The van der Waals surface area contributed by atoms with E-state index in [0.29, 0.717) is 11.8 Å². The lowest BCUT2D eigenvalue weighted by molar-refractivity contribution is -0.388. The third-order valence-corrected chi connectivity index (χ3v) is 5.10. The average Bonchev–Trinajstić information content (AvgIpc) is 2.42. The normalized spacial score (nSPS) is 10.6. The number of hydrogen-bond donors (Lipinski definition) is 0. The van der Waals surface area contributed by atoms with Crippen LogP contribution in [0, 0.1) is 20.2 Å². The first-order chi connectivity index (χ1) is 10.7. The molecule has 0 N–H and O–H groups in total. The minimum atomic E-state index is -0.685. The molecule has 2 rings (SSSR count). The van der Waals surface area contributed by atoms with Gasteiger partial charge in [-0.05, 0) is 12.1 Å². The summed E-state index contributed by atoms with van der Waals surface area (Å²) in [5.74, 6) is 0. The summed E-state index contributed by atoms with van der Waals surface area (Å²) in [4.78, 5) is 20.9. The van der Waals surface area contributed by atoms with Gasteiger partial charge >= 0.3 is 0 Å². The van der Waals surface area contributed by atoms with Gasteiger partial charge in [-0.3, -0.25) is 20.2 Å². The van der Waals surface area contributed by atoms with E-state index >= 15 is 0 Å². The smallest absolute Gasteiger partial charge is 0.258 e. The standard InChI is InChI=1S/C12H4Cl4N2O4S/c13-5-1-7(15)11(9(3-5)17(19)20)23-12-8(16)2-6(14)4-10(12)18(21)22/h1-4H. The van der Waals surface area contributed by atoms with Crippen molar-refractivity contribution < 1.29 is 9.85 Å². The fraction of sp³-hybridized carbons (Fsp3) is 0. The number of hydrogen-bond acceptors (Lipinski definition) is 5. The number of halogens is 4. The van der Waals surface area contributed by atoms with Crippen molar-refractivity contribution in [1.29, 1.82) is 0 Å². The molecule has 0 radical (unpaired) electrons. The summed E-state index contributed by atoms with van der Waals surface area (Å²) in [5, 5.41) is 22.4. The van der Waals surface area contributed by atoms with E-state index in [-0.39, 0.29) is 41.3 Å². The Kier molecular flexibility index (Phi) is 5.59. The number of nitro groups is 2. The average molecular weight is 414 g/mol. The Morgan fingerprint density at radius 2 is 1.09 bits per heavy atom. The predicted molar refractivity (Wildman–Crippen MR) is 90.4 cm³/mol. The molecule has 0 fully saturated rings. The largest absolute Gasteiger partial charge is 0.286 e. The summed E-state index contributed by atoms with van der Waals surface area (Å²) < 4.78 is 0. The van der Waals surface area contributed by atoms with Gasteiger partial charge in [0.25, 0.3) is 11.4 Å². The second-order valence-electron chi connectivity index (χ2n) is 4.09.